The van der Waals surface area contributed by atoms with Crippen LogP contribution in [0.5, 0.6) is 0 Å². The van der Waals surface area contributed by atoms with Crippen molar-refractivity contribution in [2.75, 3.05) is 0 Å². The Morgan fingerprint density at radius 2 is 1.15 bits per heavy atom. The molecular weight excluding hydrogens is 498 g/mol. The predicted molar refractivity (Wildman–Crippen MR) is 174 cm³/mol. The van der Waals surface area contributed by atoms with Crippen LogP contribution in [0.15, 0.2) is 97.1 Å². The van der Waals surface area contributed by atoms with Crippen LogP contribution in [-0.2, 0) is 0 Å². The van der Waals surface area contributed by atoms with E-state index >= 15 is 0 Å². The molecule has 0 atom stereocenters. The summed E-state index contributed by atoms with van der Waals surface area (Å²) in [4.78, 5) is 5.27. The molecule has 0 amide bonds. The molecule has 0 saturated carbocycles. The monoisotopic (exact) mass is 527 g/mol. The molecule has 0 fully saturated rings. The number of fused-ring (bicyclic) bond motifs is 10. The van der Waals surface area contributed by atoms with E-state index in [9.17, 15) is 0 Å². The Bertz CT molecular complexity index is 2500. The molecule has 0 bridgehead atoms. The lowest BCUT2D eigenvalue weighted by molar-refractivity contribution is 0.846. The van der Waals surface area contributed by atoms with E-state index in [1.54, 1.807) is 0 Å². The van der Waals surface area contributed by atoms with Crippen LogP contribution in [0, 0.1) is 13.8 Å². The summed E-state index contributed by atoms with van der Waals surface area (Å²) in [7, 11) is 0. The second-order valence-corrected chi connectivity index (χ2v) is 12.1. The van der Waals surface area contributed by atoms with Gasteiger partial charge in [0.25, 0.3) is 0 Å². The van der Waals surface area contributed by atoms with Gasteiger partial charge in [0.2, 0.25) is 5.78 Å². The number of aryl methyl sites for hydroxylation is 2. The quantitative estimate of drug-likeness (QED) is 0.219. The summed E-state index contributed by atoms with van der Waals surface area (Å²) in [5, 5.41) is 7.52. The van der Waals surface area contributed by atoms with Crippen molar-refractivity contribution in [2.45, 2.75) is 33.6 Å². The zero-order valence-corrected chi connectivity index (χ0v) is 23.7. The lowest BCUT2D eigenvalue weighted by atomic mass is 9.89. The molecule has 3 nitrogen and oxygen atoms in total. The summed E-state index contributed by atoms with van der Waals surface area (Å²) in [5.41, 5.74) is 12.5. The van der Waals surface area contributed by atoms with Crippen molar-refractivity contribution in [3.8, 4) is 11.1 Å². The normalized spacial score (nSPS) is 12.6. The molecule has 9 aromatic rings. The Balaban J connectivity index is 1.48. The van der Waals surface area contributed by atoms with Gasteiger partial charge >= 0.3 is 0 Å². The minimum atomic E-state index is 0.505. The van der Waals surface area contributed by atoms with Gasteiger partial charge in [0.1, 0.15) is 0 Å². The van der Waals surface area contributed by atoms with Crippen molar-refractivity contribution in [1.29, 1.82) is 0 Å². The Hall–Kier alpha value is -4.89. The highest BCUT2D eigenvalue weighted by molar-refractivity contribution is 6.20. The molecule has 0 saturated heterocycles. The number of nitrogens with zero attached hydrogens (tertiary/aromatic N) is 3. The molecule has 0 aliphatic rings. The molecule has 41 heavy (non-hydrogen) atoms. The predicted octanol–water partition coefficient (Wildman–Crippen LogP) is 10.2. The van der Waals surface area contributed by atoms with Crippen LogP contribution in [0.3, 0.4) is 0 Å². The number of benzene rings is 6. The van der Waals surface area contributed by atoms with Gasteiger partial charge in [-0.1, -0.05) is 74.5 Å². The zero-order valence-electron chi connectivity index (χ0n) is 23.7. The first-order valence-corrected chi connectivity index (χ1v) is 14.5. The van der Waals surface area contributed by atoms with Crippen molar-refractivity contribution in [3.63, 3.8) is 0 Å². The smallest absolute Gasteiger partial charge is 0.220 e. The zero-order chi connectivity index (χ0) is 27.6. The fourth-order valence-electron chi connectivity index (χ4n) is 7.54. The topological polar surface area (TPSA) is 21.7 Å². The first-order chi connectivity index (χ1) is 20.0. The Kier molecular flexibility index (Phi) is 4.38. The first-order valence-electron chi connectivity index (χ1n) is 14.5. The number of hydrogen-bond donors (Lipinski definition) is 0. The van der Waals surface area contributed by atoms with Gasteiger partial charge in [0.15, 0.2) is 0 Å². The van der Waals surface area contributed by atoms with Gasteiger partial charge in [-0.2, -0.15) is 0 Å². The van der Waals surface area contributed by atoms with Crippen molar-refractivity contribution >= 4 is 65.7 Å². The molecular formula is C38H29N3. The van der Waals surface area contributed by atoms with Crippen molar-refractivity contribution in [1.82, 2.24) is 13.8 Å². The van der Waals surface area contributed by atoms with E-state index in [4.69, 9.17) is 4.98 Å². The molecule has 0 N–H and O–H groups in total. The fraction of sp³-hybridized carbons (Fsp3) is 0.132. The van der Waals surface area contributed by atoms with E-state index in [2.05, 4.69) is 134 Å². The maximum atomic E-state index is 5.27. The van der Waals surface area contributed by atoms with Gasteiger partial charge in [-0.3, -0.25) is 8.80 Å². The van der Waals surface area contributed by atoms with E-state index in [1.807, 2.05) is 0 Å². The van der Waals surface area contributed by atoms with Crippen LogP contribution < -0.4 is 0 Å². The van der Waals surface area contributed by atoms with Crippen LogP contribution in [-0.4, -0.2) is 13.8 Å². The Morgan fingerprint density at radius 3 is 1.80 bits per heavy atom. The van der Waals surface area contributed by atoms with E-state index in [0.29, 0.717) is 5.92 Å². The fourth-order valence-corrected chi connectivity index (χ4v) is 7.54. The maximum absolute atomic E-state index is 5.27. The van der Waals surface area contributed by atoms with Crippen LogP contribution >= 0.6 is 0 Å². The molecule has 0 radical (unpaired) electrons. The summed E-state index contributed by atoms with van der Waals surface area (Å²) < 4.78 is 4.77. The number of hydrogen-bond acceptors (Lipinski definition) is 1. The SMILES string of the molecule is Cc1cc(-c2cc3c4cc5ccccc5cc4n4c3c(c2)n2c3cc5ccccc5cc3nc24)cc(C)c1C(C)C. The summed E-state index contributed by atoms with van der Waals surface area (Å²) in [6, 6.07) is 36.0. The lowest BCUT2D eigenvalue weighted by Gasteiger charge is -2.16. The molecule has 9 rings (SSSR count). The standard InChI is InChI=1S/C38H29N3/c1-21(2)36-22(3)13-28(14-23(36)4)29-16-31-30-15-24-9-5-7-11-26(24)18-33(30)41-37(31)35(20-29)40-34-19-27-12-8-6-10-25(27)17-32(34)39-38(40)41/h5-21H,1-4H3. The third-order valence-electron chi connectivity index (χ3n) is 9.16. The highest BCUT2D eigenvalue weighted by Gasteiger charge is 2.23. The van der Waals surface area contributed by atoms with Crippen LogP contribution in [0.1, 0.15) is 36.5 Å². The lowest BCUT2D eigenvalue weighted by Crippen LogP contribution is -1.97. The summed E-state index contributed by atoms with van der Waals surface area (Å²) >= 11 is 0. The van der Waals surface area contributed by atoms with Crippen molar-refractivity contribution < 1.29 is 0 Å². The van der Waals surface area contributed by atoms with Gasteiger partial charge in [0.05, 0.1) is 27.6 Å². The summed E-state index contributed by atoms with van der Waals surface area (Å²) in [5.74, 6) is 1.48. The van der Waals surface area contributed by atoms with Gasteiger partial charge in [-0.15, -0.1) is 0 Å². The largest absolute Gasteiger partial charge is 0.277 e. The molecule has 3 heteroatoms. The van der Waals surface area contributed by atoms with E-state index in [1.165, 1.54) is 76.7 Å². The molecule has 0 unspecified atom stereocenters. The maximum Gasteiger partial charge on any atom is 0.220 e. The molecule has 6 aromatic carbocycles. The summed E-state index contributed by atoms with van der Waals surface area (Å²) in [6.45, 7) is 9.09. The molecule has 3 aromatic heterocycles. The number of rotatable bonds is 2. The molecule has 3 heterocycles. The molecule has 0 aliphatic carbocycles. The average molecular weight is 528 g/mol. The Morgan fingerprint density at radius 1 is 0.561 bits per heavy atom. The highest BCUT2D eigenvalue weighted by Crippen LogP contribution is 2.42. The van der Waals surface area contributed by atoms with E-state index < -0.39 is 0 Å². The number of aromatic nitrogens is 3. The molecule has 196 valence electrons. The van der Waals surface area contributed by atoms with E-state index in [0.717, 1.165) is 16.8 Å². The van der Waals surface area contributed by atoms with Gasteiger partial charge in [0, 0.05) is 10.8 Å². The van der Waals surface area contributed by atoms with Crippen LogP contribution in [0.4, 0.5) is 0 Å². The first kappa shape index (κ1) is 22.9. The molecule has 0 spiro atoms. The second-order valence-electron chi connectivity index (χ2n) is 12.1. The average Bonchev–Trinajstić information content (AvgIpc) is 3.59. The van der Waals surface area contributed by atoms with Crippen LogP contribution in [0.25, 0.3) is 76.8 Å². The van der Waals surface area contributed by atoms with Crippen molar-refractivity contribution in [3.05, 3.63) is 114 Å². The number of imidazole rings is 2. The third-order valence-corrected chi connectivity index (χ3v) is 9.16. The summed E-state index contributed by atoms with van der Waals surface area (Å²) in [6.07, 6.45) is 0. The molecule has 0 aliphatic heterocycles. The minimum Gasteiger partial charge on any atom is -0.277 e. The van der Waals surface area contributed by atoms with Crippen LogP contribution in [0.2, 0.25) is 0 Å². The van der Waals surface area contributed by atoms with Gasteiger partial charge in [-0.25, -0.2) is 4.98 Å². The van der Waals surface area contributed by atoms with Crippen molar-refractivity contribution in [2.24, 2.45) is 0 Å². The third kappa shape index (κ3) is 3.01. The second kappa shape index (κ2) is 7.86. The Labute approximate surface area is 237 Å². The minimum absolute atomic E-state index is 0.505. The van der Waals surface area contributed by atoms with E-state index in [-0.39, 0.29) is 0 Å². The van der Waals surface area contributed by atoms with Gasteiger partial charge < -0.3 is 0 Å². The van der Waals surface area contributed by atoms with Gasteiger partial charge in [-0.05, 0) is 106 Å². The highest BCUT2D eigenvalue weighted by atomic mass is 15.2.